The molecular weight excluding hydrogens is 332 g/mol. The number of benzene rings is 1. The van der Waals surface area contributed by atoms with E-state index in [1.165, 1.54) is 0 Å². The Morgan fingerprint density at radius 1 is 1.46 bits per heavy atom. The van der Waals surface area contributed by atoms with Crippen LogP contribution < -0.4 is 15.8 Å². The summed E-state index contributed by atoms with van der Waals surface area (Å²) in [4.78, 5) is 16.3. The number of hydrogen-bond acceptors (Lipinski definition) is 6. The van der Waals surface area contributed by atoms with Crippen LogP contribution in [0.2, 0.25) is 0 Å². The molecular formula is C16H23ClN4O3. The van der Waals surface area contributed by atoms with Crippen LogP contribution in [0.15, 0.2) is 28.8 Å². The molecule has 0 fully saturated rings. The summed E-state index contributed by atoms with van der Waals surface area (Å²) in [5.41, 5.74) is 6.57. The van der Waals surface area contributed by atoms with Crippen molar-refractivity contribution >= 4 is 18.3 Å². The van der Waals surface area contributed by atoms with Crippen LogP contribution in [0.5, 0.6) is 5.75 Å². The highest BCUT2D eigenvalue weighted by atomic mass is 35.5. The van der Waals surface area contributed by atoms with Gasteiger partial charge in [0.25, 0.3) is 0 Å². The number of hydrogen-bond donors (Lipinski definition) is 2. The fourth-order valence-electron chi connectivity index (χ4n) is 2.11. The van der Waals surface area contributed by atoms with Gasteiger partial charge in [-0.05, 0) is 25.5 Å². The smallest absolute Gasteiger partial charge is 0.249 e. The number of nitrogens with zero attached hydrogens (tertiary/aromatic N) is 2. The molecule has 8 heteroatoms. The summed E-state index contributed by atoms with van der Waals surface area (Å²) in [6.45, 7) is 3.76. The number of methoxy groups -OCH3 is 1. The number of rotatable bonds is 7. The van der Waals surface area contributed by atoms with Crippen LogP contribution in [0.3, 0.4) is 0 Å². The summed E-state index contributed by atoms with van der Waals surface area (Å²) >= 11 is 0. The first kappa shape index (κ1) is 19.9. The molecule has 24 heavy (non-hydrogen) atoms. The van der Waals surface area contributed by atoms with E-state index >= 15 is 0 Å². The minimum atomic E-state index is -0.525. The predicted octanol–water partition coefficient (Wildman–Crippen LogP) is 2.47. The molecule has 0 bridgehead atoms. The van der Waals surface area contributed by atoms with Crippen molar-refractivity contribution < 1.29 is 14.1 Å². The summed E-state index contributed by atoms with van der Waals surface area (Å²) < 4.78 is 10.4. The average Bonchev–Trinajstić information content (AvgIpc) is 3.05. The summed E-state index contributed by atoms with van der Waals surface area (Å²) in [7, 11) is 1.60. The Bertz CT molecular complexity index is 662. The van der Waals surface area contributed by atoms with Crippen molar-refractivity contribution in [2.24, 2.45) is 5.73 Å². The monoisotopic (exact) mass is 354 g/mol. The molecule has 3 N–H and O–H groups in total. The molecule has 1 aromatic heterocycles. The van der Waals surface area contributed by atoms with Gasteiger partial charge in [0.2, 0.25) is 17.6 Å². The van der Waals surface area contributed by atoms with E-state index in [-0.39, 0.29) is 18.3 Å². The molecule has 2 unspecified atom stereocenters. The minimum absolute atomic E-state index is 0. The number of ether oxygens (including phenoxy) is 1. The first-order valence-corrected chi connectivity index (χ1v) is 7.59. The van der Waals surface area contributed by atoms with Gasteiger partial charge >= 0.3 is 0 Å². The molecule has 0 aliphatic heterocycles. The van der Waals surface area contributed by atoms with Crippen molar-refractivity contribution in [1.29, 1.82) is 0 Å². The molecule has 2 aromatic rings. The van der Waals surface area contributed by atoms with E-state index in [0.717, 1.165) is 12.0 Å². The zero-order chi connectivity index (χ0) is 16.8. The lowest BCUT2D eigenvalue weighted by molar-refractivity contribution is -0.123. The van der Waals surface area contributed by atoms with E-state index in [2.05, 4.69) is 15.5 Å². The number of halogens is 1. The topological polar surface area (TPSA) is 103 Å². The Morgan fingerprint density at radius 3 is 2.88 bits per heavy atom. The minimum Gasteiger partial charge on any atom is -0.497 e. The first-order chi connectivity index (χ1) is 11.0. The van der Waals surface area contributed by atoms with Crippen LogP contribution in [0, 0.1) is 0 Å². The van der Waals surface area contributed by atoms with Gasteiger partial charge in [0, 0.05) is 5.56 Å². The van der Waals surface area contributed by atoms with Gasteiger partial charge < -0.3 is 20.3 Å². The number of aromatic nitrogens is 2. The third-order valence-electron chi connectivity index (χ3n) is 3.44. The molecule has 2 rings (SSSR count). The number of nitrogens with one attached hydrogen (secondary N) is 1. The Kier molecular flexibility index (Phi) is 7.67. The summed E-state index contributed by atoms with van der Waals surface area (Å²) in [6, 6.07) is 6.43. The molecule has 0 aliphatic rings. The number of carbonyl (C=O) groups excluding carboxylic acids is 1. The van der Waals surface area contributed by atoms with Gasteiger partial charge in [-0.25, -0.2) is 0 Å². The van der Waals surface area contributed by atoms with E-state index in [9.17, 15) is 4.79 Å². The van der Waals surface area contributed by atoms with Crippen LogP contribution >= 0.6 is 12.4 Å². The average molecular weight is 355 g/mol. The molecule has 1 heterocycles. The lowest BCUT2D eigenvalue weighted by Crippen LogP contribution is -2.41. The van der Waals surface area contributed by atoms with Crippen LogP contribution in [0.4, 0.5) is 0 Å². The number of amides is 1. The molecule has 2 atom stereocenters. The van der Waals surface area contributed by atoms with E-state index in [1.807, 2.05) is 31.2 Å². The Balaban J connectivity index is 0.00000288. The molecule has 0 spiro atoms. The fraction of sp³-hybridized carbons (Fsp3) is 0.438. The van der Waals surface area contributed by atoms with Crippen LogP contribution in [0.25, 0.3) is 11.4 Å². The fourth-order valence-corrected chi connectivity index (χ4v) is 2.11. The molecule has 132 valence electrons. The molecule has 0 aliphatic carbocycles. The normalized spacial score (nSPS) is 12.8. The lowest BCUT2D eigenvalue weighted by atomic mass is 10.1. The molecule has 7 nitrogen and oxygen atoms in total. The van der Waals surface area contributed by atoms with Gasteiger partial charge in [0.15, 0.2) is 0 Å². The quantitative estimate of drug-likeness (QED) is 0.791. The molecule has 1 aromatic carbocycles. The largest absolute Gasteiger partial charge is 0.497 e. The Morgan fingerprint density at radius 2 is 2.21 bits per heavy atom. The summed E-state index contributed by atoms with van der Waals surface area (Å²) in [5.74, 6) is 1.26. The second-order valence-corrected chi connectivity index (χ2v) is 5.31. The van der Waals surface area contributed by atoms with Crippen molar-refractivity contribution in [3.63, 3.8) is 0 Å². The van der Waals surface area contributed by atoms with Crippen molar-refractivity contribution in [3.8, 4) is 17.1 Å². The Labute approximate surface area is 147 Å². The molecule has 1 amide bonds. The second kappa shape index (κ2) is 9.24. The van der Waals surface area contributed by atoms with Crippen molar-refractivity contribution in [2.75, 3.05) is 7.11 Å². The van der Waals surface area contributed by atoms with E-state index < -0.39 is 12.1 Å². The standard InChI is InChI=1S/C16H22N4O3.ClH/c1-4-6-13(17)15(21)18-10(2)16-19-14(20-23-16)11-7-5-8-12(9-11)22-3;/h5,7-10,13H,4,6,17H2,1-3H3,(H,18,21);1H. The Hall–Kier alpha value is -2.12. The summed E-state index contributed by atoms with van der Waals surface area (Å²) in [6.07, 6.45) is 1.49. The van der Waals surface area contributed by atoms with Gasteiger partial charge in [-0.15, -0.1) is 12.4 Å². The van der Waals surface area contributed by atoms with Crippen molar-refractivity contribution in [1.82, 2.24) is 15.5 Å². The highest BCUT2D eigenvalue weighted by Crippen LogP contribution is 2.22. The highest BCUT2D eigenvalue weighted by molar-refractivity contribution is 5.85. The highest BCUT2D eigenvalue weighted by Gasteiger charge is 2.20. The maximum Gasteiger partial charge on any atom is 0.249 e. The maximum absolute atomic E-state index is 11.9. The van der Waals surface area contributed by atoms with Crippen LogP contribution in [0.1, 0.15) is 38.6 Å². The summed E-state index contributed by atoms with van der Waals surface area (Å²) in [5, 5.41) is 6.73. The SMILES string of the molecule is CCCC(N)C(=O)NC(C)c1nc(-c2cccc(OC)c2)no1.Cl. The van der Waals surface area contributed by atoms with Gasteiger partial charge in [-0.3, -0.25) is 4.79 Å². The molecule has 0 saturated carbocycles. The van der Waals surface area contributed by atoms with E-state index in [1.54, 1.807) is 14.0 Å². The zero-order valence-electron chi connectivity index (χ0n) is 14.0. The third-order valence-corrected chi connectivity index (χ3v) is 3.44. The van der Waals surface area contributed by atoms with Crippen molar-refractivity contribution in [2.45, 2.75) is 38.8 Å². The van der Waals surface area contributed by atoms with Crippen molar-refractivity contribution in [3.05, 3.63) is 30.2 Å². The number of carbonyl (C=O) groups is 1. The molecule has 0 radical (unpaired) electrons. The van der Waals surface area contributed by atoms with Gasteiger partial charge in [-0.2, -0.15) is 4.98 Å². The van der Waals surface area contributed by atoms with Crippen LogP contribution in [-0.4, -0.2) is 29.2 Å². The van der Waals surface area contributed by atoms with Gasteiger partial charge in [0.05, 0.1) is 13.2 Å². The second-order valence-electron chi connectivity index (χ2n) is 5.31. The zero-order valence-corrected chi connectivity index (χ0v) is 14.8. The maximum atomic E-state index is 11.9. The predicted molar refractivity (Wildman–Crippen MR) is 93.0 cm³/mol. The van der Waals surface area contributed by atoms with Gasteiger partial charge in [-0.1, -0.05) is 30.6 Å². The van der Waals surface area contributed by atoms with Gasteiger partial charge in [0.1, 0.15) is 11.8 Å². The molecule has 0 saturated heterocycles. The van der Waals surface area contributed by atoms with E-state index in [4.69, 9.17) is 15.0 Å². The third kappa shape index (κ3) is 4.94. The van der Waals surface area contributed by atoms with E-state index in [0.29, 0.717) is 23.9 Å². The lowest BCUT2D eigenvalue weighted by Gasteiger charge is -2.14. The number of nitrogens with two attached hydrogens (primary N) is 1. The first-order valence-electron chi connectivity index (χ1n) is 7.59. The van der Waals surface area contributed by atoms with Crippen LogP contribution in [-0.2, 0) is 4.79 Å².